The van der Waals surface area contributed by atoms with Crippen molar-refractivity contribution in [3.63, 3.8) is 0 Å². The van der Waals surface area contributed by atoms with Crippen LogP contribution in [0.1, 0.15) is 12.5 Å². The van der Waals surface area contributed by atoms with E-state index in [0.29, 0.717) is 6.04 Å². The van der Waals surface area contributed by atoms with Crippen molar-refractivity contribution in [1.82, 2.24) is 0 Å². The van der Waals surface area contributed by atoms with Crippen molar-refractivity contribution in [3.8, 4) is 11.5 Å². The Morgan fingerprint density at radius 3 is 2.33 bits per heavy atom. The summed E-state index contributed by atoms with van der Waals surface area (Å²) in [5, 5.41) is 0. The highest BCUT2D eigenvalue weighted by molar-refractivity contribution is 14.1. The van der Waals surface area contributed by atoms with E-state index in [1.807, 2.05) is 12.1 Å². The monoisotopic (exact) mass is 322 g/mol. The van der Waals surface area contributed by atoms with Crippen LogP contribution in [0.3, 0.4) is 0 Å². The molecule has 0 radical (unpaired) electrons. The predicted octanol–water partition coefficient (Wildman–Crippen LogP) is 1.48. The summed E-state index contributed by atoms with van der Waals surface area (Å²) in [6.45, 7) is 2.09. The third kappa shape index (κ3) is 3.24. The topological polar surface area (TPSA) is 46.1 Å². The first-order chi connectivity index (χ1) is 7.08. The Bertz CT molecular complexity index is 340. The van der Waals surface area contributed by atoms with E-state index in [2.05, 4.69) is 35.2 Å². The molecular formula is C11H17INO2+. The van der Waals surface area contributed by atoms with Crippen molar-refractivity contribution < 1.29 is 15.2 Å². The van der Waals surface area contributed by atoms with Crippen molar-refractivity contribution in [2.75, 3.05) is 14.2 Å². The van der Waals surface area contributed by atoms with Crippen LogP contribution in [0.5, 0.6) is 11.5 Å². The number of rotatable bonds is 4. The molecule has 1 aromatic carbocycles. The summed E-state index contributed by atoms with van der Waals surface area (Å²) in [5.41, 5.74) is 5.14. The van der Waals surface area contributed by atoms with Gasteiger partial charge < -0.3 is 15.2 Å². The lowest BCUT2D eigenvalue weighted by Gasteiger charge is -2.12. The van der Waals surface area contributed by atoms with Crippen LogP contribution in [0, 0.1) is 3.57 Å². The number of quaternary nitrogens is 1. The Hall–Kier alpha value is -0.490. The quantitative estimate of drug-likeness (QED) is 0.854. The van der Waals surface area contributed by atoms with E-state index in [1.165, 1.54) is 0 Å². The first-order valence-corrected chi connectivity index (χ1v) is 5.89. The molecule has 0 aliphatic carbocycles. The van der Waals surface area contributed by atoms with E-state index in [-0.39, 0.29) is 0 Å². The Balaban J connectivity index is 3.10. The van der Waals surface area contributed by atoms with E-state index in [4.69, 9.17) is 9.47 Å². The predicted molar refractivity (Wildman–Crippen MR) is 68.3 cm³/mol. The molecule has 0 aliphatic heterocycles. The van der Waals surface area contributed by atoms with Gasteiger partial charge in [-0.25, -0.2) is 0 Å². The van der Waals surface area contributed by atoms with Crippen LogP contribution >= 0.6 is 22.6 Å². The minimum atomic E-state index is 0.365. The summed E-state index contributed by atoms with van der Waals surface area (Å²) in [6, 6.07) is 4.39. The molecule has 0 spiro atoms. The largest absolute Gasteiger partial charge is 0.496 e. The number of benzene rings is 1. The maximum atomic E-state index is 5.34. The minimum Gasteiger partial charge on any atom is -0.496 e. The van der Waals surface area contributed by atoms with Crippen LogP contribution in [0.4, 0.5) is 0 Å². The maximum absolute atomic E-state index is 5.34. The average Bonchev–Trinajstić information content (AvgIpc) is 2.19. The average molecular weight is 322 g/mol. The van der Waals surface area contributed by atoms with Crippen molar-refractivity contribution in [2.24, 2.45) is 0 Å². The first kappa shape index (κ1) is 12.6. The van der Waals surface area contributed by atoms with Crippen LogP contribution in [-0.4, -0.2) is 20.3 Å². The van der Waals surface area contributed by atoms with Gasteiger partial charge in [0.05, 0.1) is 23.8 Å². The molecule has 15 heavy (non-hydrogen) atoms. The van der Waals surface area contributed by atoms with Gasteiger partial charge in [0, 0.05) is 12.0 Å². The van der Waals surface area contributed by atoms with Gasteiger partial charge in [-0.15, -0.1) is 0 Å². The Morgan fingerprint density at radius 1 is 1.27 bits per heavy atom. The zero-order valence-corrected chi connectivity index (χ0v) is 11.5. The molecule has 0 heterocycles. The zero-order valence-electron chi connectivity index (χ0n) is 9.34. The van der Waals surface area contributed by atoms with Crippen LogP contribution in [0.15, 0.2) is 12.1 Å². The molecule has 84 valence electrons. The van der Waals surface area contributed by atoms with Gasteiger partial charge in [-0.3, -0.25) is 0 Å². The molecule has 0 bridgehead atoms. The van der Waals surface area contributed by atoms with Crippen LogP contribution in [0.25, 0.3) is 0 Å². The fourth-order valence-electron chi connectivity index (χ4n) is 1.46. The summed E-state index contributed by atoms with van der Waals surface area (Å²) >= 11 is 2.24. The number of hydrogen-bond donors (Lipinski definition) is 1. The van der Waals surface area contributed by atoms with Gasteiger partial charge in [0.1, 0.15) is 11.5 Å². The third-order valence-corrected chi connectivity index (χ3v) is 2.97. The van der Waals surface area contributed by atoms with Gasteiger partial charge in [0.25, 0.3) is 0 Å². The van der Waals surface area contributed by atoms with E-state index < -0.39 is 0 Å². The van der Waals surface area contributed by atoms with E-state index in [0.717, 1.165) is 27.1 Å². The van der Waals surface area contributed by atoms with Crippen LogP contribution in [-0.2, 0) is 6.42 Å². The molecule has 0 aliphatic rings. The fourth-order valence-corrected chi connectivity index (χ4v) is 2.12. The van der Waals surface area contributed by atoms with Gasteiger partial charge in [0.2, 0.25) is 0 Å². The Morgan fingerprint density at radius 2 is 1.87 bits per heavy atom. The van der Waals surface area contributed by atoms with Gasteiger partial charge >= 0.3 is 0 Å². The smallest absolute Gasteiger partial charge is 0.132 e. The van der Waals surface area contributed by atoms with Crippen LogP contribution < -0.4 is 15.2 Å². The van der Waals surface area contributed by atoms with E-state index in [9.17, 15) is 0 Å². The lowest BCUT2D eigenvalue weighted by molar-refractivity contribution is -0.413. The second kappa shape index (κ2) is 5.55. The highest BCUT2D eigenvalue weighted by atomic mass is 127. The second-order valence-corrected chi connectivity index (χ2v) is 4.77. The molecule has 1 rings (SSSR count). The molecule has 4 heteroatoms. The lowest BCUT2D eigenvalue weighted by atomic mass is 10.1. The molecule has 1 aromatic rings. The standard InChI is InChI=1S/C11H16INO2/c1-7(13)4-8-5-11(15-3)9(12)6-10(8)14-2/h5-7H,4,13H2,1-3H3/p+1. The number of hydrogen-bond acceptors (Lipinski definition) is 2. The molecule has 0 fully saturated rings. The number of methoxy groups -OCH3 is 2. The summed E-state index contributed by atoms with van der Waals surface area (Å²) in [6.07, 6.45) is 0.899. The van der Waals surface area contributed by atoms with Gasteiger partial charge in [0.15, 0.2) is 0 Å². The van der Waals surface area contributed by atoms with Crippen molar-refractivity contribution in [3.05, 3.63) is 21.3 Å². The maximum Gasteiger partial charge on any atom is 0.132 e. The molecule has 3 N–H and O–H groups in total. The van der Waals surface area contributed by atoms with Crippen LogP contribution in [0.2, 0.25) is 0 Å². The molecule has 0 saturated heterocycles. The van der Waals surface area contributed by atoms with E-state index >= 15 is 0 Å². The summed E-state index contributed by atoms with van der Waals surface area (Å²) < 4.78 is 11.7. The molecule has 1 atom stereocenters. The SMILES string of the molecule is COc1cc(CC(C)[NH3+])c(OC)cc1I. The van der Waals surface area contributed by atoms with Gasteiger partial charge in [-0.05, 0) is 41.6 Å². The number of ether oxygens (including phenoxy) is 2. The Labute approximate surface area is 104 Å². The van der Waals surface area contributed by atoms with E-state index in [1.54, 1.807) is 14.2 Å². The molecular weight excluding hydrogens is 305 g/mol. The van der Waals surface area contributed by atoms with Crippen molar-refractivity contribution >= 4 is 22.6 Å². The molecule has 0 aromatic heterocycles. The molecule has 1 unspecified atom stereocenters. The van der Waals surface area contributed by atoms with Gasteiger partial charge in [-0.1, -0.05) is 0 Å². The summed E-state index contributed by atoms with van der Waals surface area (Å²) in [5.74, 6) is 1.81. The lowest BCUT2D eigenvalue weighted by Crippen LogP contribution is -2.60. The second-order valence-electron chi connectivity index (χ2n) is 3.61. The summed E-state index contributed by atoms with van der Waals surface area (Å²) in [4.78, 5) is 0. The number of halogens is 1. The minimum absolute atomic E-state index is 0.365. The molecule has 3 nitrogen and oxygen atoms in total. The highest BCUT2D eigenvalue weighted by Crippen LogP contribution is 2.30. The van der Waals surface area contributed by atoms with Crippen molar-refractivity contribution in [1.29, 1.82) is 0 Å². The normalized spacial score (nSPS) is 12.3. The first-order valence-electron chi connectivity index (χ1n) is 4.82. The van der Waals surface area contributed by atoms with Crippen molar-refractivity contribution in [2.45, 2.75) is 19.4 Å². The Kier molecular flexibility index (Phi) is 4.66. The third-order valence-electron chi connectivity index (χ3n) is 2.12. The summed E-state index contributed by atoms with van der Waals surface area (Å²) in [7, 11) is 3.37. The zero-order chi connectivity index (χ0) is 11.4. The van der Waals surface area contributed by atoms with Gasteiger partial charge in [-0.2, -0.15) is 0 Å². The molecule has 0 amide bonds. The fraction of sp³-hybridized carbons (Fsp3) is 0.455. The molecule has 0 saturated carbocycles. The highest BCUT2D eigenvalue weighted by Gasteiger charge is 2.11.